The summed E-state index contributed by atoms with van der Waals surface area (Å²) in [5, 5.41) is 0.701. The van der Waals surface area contributed by atoms with Gasteiger partial charge in [0.25, 0.3) is 0 Å². The summed E-state index contributed by atoms with van der Waals surface area (Å²) in [6.45, 7) is 0.955. The molecule has 0 aliphatic carbocycles. The second kappa shape index (κ2) is 10.2. The molecule has 1 heterocycles. The quantitative estimate of drug-likeness (QED) is 0.371. The molecule has 0 aromatic heterocycles. The largest absolute Gasteiger partial charge is 0.497 e. The number of dihydropyridines is 1. The number of rotatable bonds is 8. The van der Waals surface area contributed by atoms with E-state index in [4.69, 9.17) is 21.1 Å². The van der Waals surface area contributed by atoms with Crippen LogP contribution in [0.2, 0.25) is 5.02 Å². The number of ether oxygens (including phenoxy) is 2. The average Bonchev–Trinajstić information content (AvgIpc) is 2.85. The number of methoxy groups -OCH3 is 1. The van der Waals surface area contributed by atoms with E-state index in [1.807, 2.05) is 72.8 Å². The number of hydrogen-bond acceptors (Lipinski definition) is 4. The third-order valence-electron chi connectivity index (χ3n) is 5.32. The Labute approximate surface area is 194 Å². The van der Waals surface area contributed by atoms with Gasteiger partial charge in [0.05, 0.1) is 26.5 Å². The first-order chi connectivity index (χ1) is 15.7. The number of allylic oxidation sites excluding steroid dienone is 1. The van der Waals surface area contributed by atoms with Gasteiger partial charge in [-0.2, -0.15) is 0 Å². The van der Waals surface area contributed by atoms with Crippen LogP contribution in [0, 0.1) is 0 Å². The highest BCUT2D eigenvalue weighted by Gasteiger charge is 2.41. The summed E-state index contributed by atoms with van der Waals surface area (Å²) in [4.78, 5) is 6.75. The molecule has 5 heteroatoms. The van der Waals surface area contributed by atoms with Crippen LogP contribution in [-0.4, -0.2) is 32.0 Å². The number of para-hydroxylation sites is 2. The number of benzene rings is 3. The van der Waals surface area contributed by atoms with Crippen LogP contribution in [-0.2, 0) is 9.47 Å². The van der Waals surface area contributed by atoms with Crippen molar-refractivity contribution in [3.63, 3.8) is 0 Å². The van der Waals surface area contributed by atoms with Crippen molar-refractivity contribution in [1.29, 1.82) is 0 Å². The molecule has 0 radical (unpaired) electrons. The lowest BCUT2D eigenvalue weighted by Crippen LogP contribution is -2.48. The number of halogens is 1. The van der Waals surface area contributed by atoms with Gasteiger partial charge in [0.1, 0.15) is 5.76 Å². The topological polar surface area (TPSA) is 34.1 Å². The van der Waals surface area contributed by atoms with Crippen molar-refractivity contribution in [2.75, 3.05) is 25.1 Å². The molecule has 1 unspecified atom stereocenters. The molecule has 0 saturated carbocycles. The SMILES string of the molecule is COC1=CC=NCC1(CN(c1ccccc1)c1ccccc1)OC=Cc1ccc(Cl)cc1. The van der Waals surface area contributed by atoms with Gasteiger partial charge in [-0.1, -0.05) is 60.1 Å². The van der Waals surface area contributed by atoms with Crippen molar-refractivity contribution >= 4 is 35.3 Å². The Hall–Kier alpha value is -3.50. The van der Waals surface area contributed by atoms with Gasteiger partial charge in [0.2, 0.25) is 5.60 Å². The van der Waals surface area contributed by atoms with Crippen LogP contribution in [0.15, 0.2) is 108 Å². The molecule has 1 aliphatic rings. The van der Waals surface area contributed by atoms with Crippen molar-refractivity contribution < 1.29 is 9.47 Å². The van der Waals surface area contributed by atoms with E-state index in [1.54, 1.807) is 19.6 Å². The molecule has 1 atom stereocenters. The second-order valence-electron chi connectivity index (χ2n) is 7.45. The van der Waals surface area contributed by atoms with E-state index in [9.17, 15) is 0 Å². The van der Waals surface area contributed by atoms with Crippen molar-refractivity contribution in [3.8, 4) is 0 Å². The maximum absolute atomic E-state index is 6.42. The lowest BCUT2D eigenvalue weighted by molar-refractivity contribution is 0.0227. The smallest absolute Gasteiger partial charge is 0.201 e. The zero-order valence-electron chi connectivity index (χ0n) is 17.9. The fourth-order valence-electron chi connectivity index (χ4n) is 3.68. The molecule has 0 saturated heterocycles. The zero-order chi connectivity index (χ0) is 22.2. The fourth-order valence-corrected chi connectivity index (χ4v) is 3.81. The molecule has 4 rings (SSSR count). The first kappa shape index (κ1) is 21.7. The van der Waals surface area contributed by atoms with Gasteiger partial charge in [0.15, 0.2) is 0 Å². The van der Waals surface area contributed by atoms with E-state index in [2.05, 4.69) is 34.2 Å². The van der Waals surface area contributed by atoms with Crippen molar-refractivity contribution in [1.82, 2.24) is 0 Å². The minimum absolute atomic E-state index is 0.438. The number of aliphatic imine (C=N–C) groups is 1. The molecule has 3 aromatic carbocycles. The van der Waals surface area contributed by atoms with Crippen molar-refractivity contribution in [2.45, 2.75) is 5.60 Å². The molecular formula is C27H25ClN2O2. The van der Waals surface area contributed by atoms with E-state index in [0.29, 0.717) is 18.1 Å². The Morgan fingerprint density at radius 1 is 0.938 bits per heavy atom. The van der Waals surface area contributed by atoms with Crippen LogP contribution in [0.3, 0.4) is 0 Å². The monoisotopic (exact) mass is 444 g/mol. The van der Waals surface area contributed by atoms with Crippen LogP contribution in [0.5, 0.6) is 0 Å². The van der Waals surface area contributed by atoms with Crippen LogP contribution < -0.4 is 4.90 Å². The molecule has 0 fully saturated rings. The fraction of sp³-hybridized carbons (Fsp3) is 0.148. The van der Waals surface area contributed by atoms with Gasteiger partial charge < -0.3 is 14.4 Å². The summed E-state index contributed by atoms with van der Waals surface area (Å²) >= 11 is 6.00. The maximum atomic E-state index is 6.42. The van der Waals surface area contributed by atoms with Crippen molar-refractivity contribution in [3.05, 3.63) is 114 Å². The normalized spacial score (nSPS) is 17.8. The average molecular weight is 445 g/mol. The summed E-state index contributed by atoms with van der Waals surface area (Å²) < 4.78 is 12.2. The van der Waals surface area contributed by atoms with Crippen LogP contribution in [0.1, 0.15) is 5.56 Å². The van der Waals surface area contributed by atoms with Gasteiger partial charge in [-0.3, -0.25) is 4.99 Å². The summed E-state index contributed by atoms with van der Waals surface area (Å²) in [7, 11) is 1.67. The van der Waals surface area contributed by atoms with Gasteiger partial charge in [-0.15, -0.1) is 0 Å². The highest BCUT2D eigenvalue weighted by molar-refractivity contribution is 6.30. The Morgan fingerprint density at radius 2 is 1.56 bits per heavy atom. The summed E-state index contributed by atoms with van der Waals surface area (Å²) in [5.74, 6) is 0.727. The van der Waals surface area contributed by atoms with E-state index >= 15 is 0 Å². The van der Waals surface area contributed by atoms with E-state index in [0.717, 1.165) is 22.7 Å². The van der Waals surface area contributed by atoms with Gasteiger partial charge in [0, 0.05) is 22.6 Å². The molecule has 4 nitrogen and oxygen atoms in total. The molecule has 0 amide bonds. The molecule has 0 bridgehead atoms. The molecule has 162 valence electrons. The Morgan fingerprint density at radius 3 is 2.16 bits per heavy atom. The summed E-state index contributed by atoms with van der Waals surface area (Å²) in [5.41, 5.74) is 2.33. The van der Waals surface area contributed by atoms with Crippen molar-refractivity contribution in [2.24, 2.45) is 4.99 Å². The molecule has 1 aliphatic heterocycles. The predicted molar refractivity (Wildman–Crippen MR) is 133 cm³/mol. The van der Waals surface area contributed by atoms with Gasteiger partial charge in [-0.25, -0.2) is 0 Å². The number of hydrogen-bond donors (Lipinski definition) is 0. The minimum Gasteiger partial charge on any atom is -0.497 e. The Kier molecular flexibility index (Phi) is 6.93. The lowest BCUT2D eigenvalue weighted by atomic mass is 9.97. The lowest BCUT2D eigenvalue weighted by Gasteiger charge is -2.39. The first-order valence-corrected chi connectivity index (χ1v) is 10.8. The van der Waals surface area contributed by atoms with Crippen LogP contribution in [0.4, 0.5) is 11.4 Å². The minimum atomic E-state index is -0.794. The van der Waals surface area contributed by atoms with Gasteiger partial charge >= 0.3 is 0 Å². The molecule has 0 spiro atoms. The van der Waals surface area contributed by atoms with Gasteiger partial charge in [-0.05, 0) is 54.1 Å². The highest BCUT2D eigenvalue weighted by atomic mass is 35.5. The second-order valence-corrected chi connectivity index (χ2v) is 7.88. The molecular weight excluding hydrogens is 420 g/mol. The molecule has 32 heavy (non-hydrogen) atoms. The Bertz CT molecular complexity index is 1060. The number of nitrogens with zero attached hydrogens (tertiary/aromatic N) is 2. The maximum Gasteiger partial charge on any atom is 0.201 e. The van der Waals surface area contributed by atoms with E-state index in [1.165, 1.54) is 0 Å². The zero-order valence-corrected chi connectivity index (χ0v) is 18.7. The first-order valence-electron chi connectivity index (χ1n) is 10.4. The summed E-state index contributed by atoms with van der Waals surface area (Å²) in [6.07, 6.45) is 7.26. The number of anilines is 2. The third kappa shape index (κ3) is 5.04. The molecule has 0 N–H and O–H groups in total. The molecule has 3 aromatic rings. The highest BCUT2D eigenvalue weighted by Crippen LogP contribution is 2.33. The Balaban J connectivity index is 1.68. The predicted octanol–water partition coefficient (Wildman–Crippen LogP) is 6.52. The van der Waals surface area contributed by atoms with Crippen LogP contribution in [0.25, 0.3) is 6.08 Å². The third-order valence-corrected chi connectivity index (χ3v) is 5.57. The van der Waals surface area contributed by atoms with E-state index < -0.39 is 5.60 Å². The standard InChI is InChI=1S/C27H25ClN2O2/c1-31-26-16-18-29-20-27(26,32-19-17-22-12-14-23(28)15-13-22)21-30(24-8-4-2-5-9-24)25-10-6-3-7-11-25/h2-19H,20-21H2,1H3. The van der Waals surface area contributed by atoms with E-state index in [-0.39, 0.29) is 0 Å². The van der Waals surface area contributed by atoms with Crippen LogP contribution >= 0.6 is 11.6 Å². The summed E-state index contributed by atoms with van der Waals surface area (Å²) in [6, 6.07) is 28.1.